The van der Waals surface area contributed by atoms with E-state index in [1.54, 1.807) is 19.1 Å². The number of hydrogen-bond donors (Lipinski definition) is 3. The SMILES string of the molecule is Cc1nc(N)[nH]c(=O)c1CCCOc1ccc(N)cc1. The molecule has 0 aliphatic heterocycles. The zero-order valence-corrected chi connectivity index (χ0v) is 11.3. The average molecular weight is 274 g/mol. The minimum absolute atomic E-state index is 0.148. The molecule has 0 bridgehead atoms. The van der Waals surface area contributed by atoms with Gasteiger partial charge in [-0.1, -0.05) is 0 Å². The topological polar surface area (TPSA) is 107 Å². The van der Waals surface area contributed by atoms with E-state index in [2.05, 4.69) is 9.97 Å². The summed E-state index contributed by atoms with van der Waals surface area (Å²) in [7, 11) is 0. The van der Waals surface area contributed by atoms with Gasteiger partial charge in [0.15, 0.2) is 0 Å². The van der Waals surface area contributed by atoms with E-state index in [0.29, 0.717) is 30.0 Å². The largest absolute Gasteiger partial charge is 0.494 e. The molecule has 0 spiro atoms. The molecule has 1 aromatic heterocycles. The van der Waals surface area contributed by atoms with E-state index in [1.807, 2.05) is 12.1 Å². The van der Waals surface area contributed by atoms with Crippen molar-refractivity contribution in [3.8, 4) is 5.75 Å². The summed E-state index contributed by atoms with van der Waals surface area (Å²) in [4.78, 5) is 18.3. The molecule has 0 saturated heterocycles. The molecule has 0 atom stereocenters. The Labute approximate surface area is 116 Å². The molecule has 2 aromatic rings. The lowest BCUT2D eigenvalue weighted by Gasteiger charge is -2.07. The van der Waals surface area contributed by atoms with Crippen LogP contribution in [0.15, 0.2) is 29.1 Å². The van der Waals surface area contributed by atoms with Crippen molar-refractivity contribution in [1.29, 1.82) is 0 Å². The van der Waals surface area contributed by atoms with Crippen molar-refractivity contribution in [3.63, 3.8) is 0 Å². The first-order valence-corrected chi connectivity index (χ1v) is 6.40. The Morgan fingerprint density at radius 1 is 1.25 bits per heavy atom. The summed E-state index contributed by atoms with van der Waals surface area (Å²) in [6, 6.07) is 7.21. The number of nitrogens with two attached hydrogens (primary N) is 2. The van der Waals surface area contributed by atoms with Gasteiger partial charge >= 0.3 is 0 Å². The Kier molecular flexibility index (Phi) is 4.24. The van der Waals surface area contributed by atoms with Crippen LogP contribution in [0.5, 0.6) is 5.75 Å². The Morgan fingerprint density at radius 3 is 2.60 bits per heavy atom. The van der Waals surface area contributed by atoms with Crippen molar-refractivity contribution in [3.05, 3.63) is 45.9 Å². The van der Waals surface area contributed by atoms with Crippen molar-refractivity contribution >= 4 is 11.6 Å². The molecular weight excluding hydrogens is 256 g/mol. The Bertz CT molecular complexity index is 635. The van der Waals surface area contributed by atoms with Crippen molar-refractivity contribution in [2.24, 2.45) is 0 Å². The van der Waals surface area contributed by atoms with Gasteiger partial charge in [0.05, 0.1) is 6.61 Å². The molecule has 0 aliphatic rings. The molecule has 0 unspecified atom stereocenters. The van der Waals surface area contributed by atoms with Crippen LogP contribution in [-0.4, -0.2) is 16.6 Å². The molecule has 0 amide bonds. The number of anilines is 2. The lowest BCUT2D eigenvalue weighted by molar-refractivity contribution is 0.311. The summed E-state index contributed by atoms with van der Waals surface area (Å²) in [6.07, 6.45) is 1.32. The fourth-order valence-corrected chi connectivity index (χ4v) is 1.93. The summed E-state index contributed by atoms with van der Waals surface area (Å²) in [5, 5.41) is 0. The fraction of sp³-hybridized carbons (Fsp3) is 0.286. The molecule has 0 fully saturated rings. The molecule has 6 nitrogen and oxygen atoms in total. The smallest absolute Gasteiger partial charge is 0.255 e. The van der Waals surface area contributed by atoms with Crippen molar-refractivity contribution in [1.82, 2.24) is 9.97 Å². The van der Waals surface area contributed by atoms with Crippen molar-refractivity contribution < 1.29 is 4.74 Å². The highest BCUT2D eigenvalue weighted by Gasteiger charge is 2.06. The van der Waals surface area contributed by atoms with Gasteiger partial charge in [-0.05, 0) is 44.0 Å². The van der Waals surface area contributed by atoms with Gasteiger partial charge in [-0.15, -0.1) is 0 Å². The normalized spacial score (nSPS) is 10.4. The molecule has 2 rings (SSSR count). The van der Waals surface area contributed by atoms with Gasteiger partial charge in [-0.3, -0.25) is 9.78 Å². The third kappa shape index (κ3) is 3.50. The average Bonchev–Trinajstić information content (AvgIpc) is 2.39. The van der Waals surface area contributed by atoms with Crippen LogP contribution in [-0.2, 0) is 6.42 Å². The van der Waals surface area contributed by atoms with E-state index in [-0.39, 0.29) is 11.5 Å². The first kappa shape index (κ1) is 13.9. The maximum Gasteiger partial charge on any atom is 0.255 e. The van der Waals surface area contributed by atoms with Gasteiger partial charge in [-0.25, -0.2) is 4.98 Å². The number of ether oxygens (including phenoxy) is 1. The molecular formula is C14H18N4O2. The number of rotatable bonds is 5. The molecule has 0 radical (unpaired) electrons. The number of hydrogen-bond acceptors (Lipinski definition) is 5. The van der Waals surface area contributed by atoms with E-state index in [4.69, 9.17) is 16.2 Å². The number of aromatic amines is 1. The number of benzene rings is 1. The quantitative estimate of drug-likeness (QED) is 0.562. The second-order valence-corrected chi connectivity index (χ2v) is 4.54. The highest BCUT2D eigenvalue weighted by Crippen LogP contribution is 2.13. The van der Waals surface area contributed by atoms with Crippen LogP contribution in [0.1, 0.15) is 17.7 Å². The van der Waals surface area contributed by atoms with E-state index >= 15 is 0 Å². The van der Waals surface area contributed by atoms with Gasteiger partial charge in [0, 0.05) is 16.9 Å². The standard InChI is InChI=1S/C14H18N4O2/c1-9-12(13(19)18-14(16)17-9)3-2-8-20-11-6-4-10(15)5-7-11/h4-7H,2-3,8,15H2,1H3,(H3,16,17,18,19). The molecule has 0 saturated carbocycles. The van der Waals surface area contributed by atoms with Crippen LogP contribution in [0.25, 0.3) is 0 Å². The highest BCUT2D eigenvalue weighted by atomic mass is 16.5. The summed E-state index contributed by atoms with van der Waals surface area (Å²) < 4.78 is 5.57. The number of aromatic nitrogens is 2. The number of H-pyrrole nitrogens is 1. The van der Waals surface area contributed by atoms with Crippen molar-refractivity contribution in [2.45, 2.75) is 19.8 Å². The zero-order valence-electron chi connectivity index (χ0n) is 11.3. The van der Waals surface area contributed by atoms with E-state index in [1.165, 1.54) is 0 Å². The Hall–Kier alpha value is -2.50. The summed E-state index contributed by atoms with van der Waals surface area (Å²) >= 11 is 0. The molecule has 6 heteroatoms. The summed E-state index contributed by atoms with van der Waals surface area (Å²) in [6.45, 7) is 2.30. The monoisotopic (exact) mass is 274 g/mol. The summed E-state index contributed by atoms with van der Waals surface area (Å²) in [5.41, 5.74) is 12.9. The number of nitrogen functional groups attached to an aromatic ring is 2. The first-order valence-electron chi connectivity index (χ1n) is 6.40. The number of aryl methyl sites for hydroxylation is 1. The molecule has 106 valence electrons. The second-order valence-electron chi connectivity index (χ2n) is 4.54. The summed E-state index contributed by atoms with van der Waals surface area (Å²) in [5.74, 6) is 0.912. The number of nitrogens with one attached hydrogen (secondary N) is 1. The third-order valence-corrected chi connectivity index (χ3v) is 2.96. The van der Waals surface area contributed by atoms with Crippen LogP contribution in [0, 0.1) is 6.92 Å². The molecule has 5 N–H and O–H groups in total. The molecule has 1 heterocycles. The van der Waals surface area contributed by atoms with Gasteiger partial charge in [0.25, 0.3) is 5.56 Å². The van der Waals surface area contributed by atoms with Gasteiger partial charge in [-0.2, -0.15) is 0 Å². The van der Waals surface area contributed by atoms with Gasteiger partial charge in [0.1, 0.15) is 5.75 Å². The van der Waals surface area contributed by atoms with Crippen LogP contribution in [0.3, 0.4) is 0 Å². The van der Waals surface area contributed by atoms with Gasteiger partial charge < -0.3 is 16.2 Å². The minimum atomic E-state index is -0.178. The first-order chi connectivity index (χ1) is 9.56. The van der Waals surface area contributed by atoms with Crippen LogP contribution >= 0.6 is 0 Å². The van der Waals surface area contributed by atoms with Crippen molar-refractivity contribution in [2.75, 3.05) is 18.1 Å². The maximum atomic E-state index is 11.7. The van der Waals surface area contributed by atoms with Crippen LogP contribution < -0.4 is 21.8 Å². The van der Waals surface area contributed by atoms with Crippen LogP contribution in [0.2, 0.25) is 0 Å². The predicted molar refractivity (Wildman–Crippen MR) is 78.7 cm³/mol. The lowest BCUT2D eigenvalue weighted by atomic mass is 10.1. The fourth-order valence-electron chi connectivity index (χ4n) is 1.93. The molecule has 1 aromatic carbocycles. The Balaban J connectivity index is 1.87. The van der Waals surface area contributed by atoms with E-state index < -0.39 is 0 Å². The molecule has 20 heavy (non-hydrogen) atoms. The van der Waals surface area contributed by atoms with E-state index in [9.17, 15) is 4.79 Å². The zero-order chi connectivity index (χ0) is 14.5. The maximum absolute atomic E-state index is 11.7. The Morgan fingerprint density at radius 2 is 1.95 bits per heavy atom. The predicted octanol–water partition coefficient (Wildman–Crippen LogP) is 1.25. The third-order valence-electron chi connectivity index (χ3n) is 2.96. The lowest BCUT2D eigenvalue weighted by Crippen LogP contribution is -2.19. The molecule has 0 aliphatic carbocycles. The minimum Gasteiger partial charge on any atom is -0.494 e. The number of nitrogens with zero attached hydrogens (tertiary/aromatic N) is 1. The van der Waals surface area contributed by atoms with E-state index in [0.717, 1.165) is 12.2 Å². The van der Waals surface area contributed by atoms with Gasteiger partial charge in [0.2, 0.25) is 5.95 Å². The second kappa shape index (κ2) is 6.10. The highest BCUT2D eigenvalue weighted by molar-refractivity contribution is 5.41. The van der Waals surface area contributed by atoms with Crippen LogP contribution in [0.4, 0.5) is 11.6 Å².